The number of piperazine rings is 1. The number of carboxylic acid groups (broad SMARTS) is 1. The number of ether oxygens (including phenoxy) is 1. The highest BCUT2D eigenvalue weighted by Crippen LogP contribution is 2.44. The summed E-state index contributed by atoms with van der Waals surface area (Å²) in [6, 6.07) is 15.5. The van der Waals surface area contributed by atoms with Crippen LogP contribution in [-0.2, 0) is 14.3 Å². The average Bonchev–Trinajstić information content (AvgIpc) is 3.65. The van der Waals surface area contributed by atoms with Gasteiger partial charge in [0.2, 0.25) is 5.91 Å². The van der Waals surface area contributed by atoms with Gasteiger partial charge < -0.3 is 20.1 Å². The van der Waals surface area contributed by atoms with Crippen molar-refractivity contribution in [3.63, 3.8) is 0 Å². The van der Waals surface area contributed by atoms with Crippen LogP contribution in [0.1, 0.15) is 36.3 Å². The summed E-state index contributed by atoms with van der Waals surface area (Å²) in [7, 11) is 0. The van der Waals surface area contributed by atoms with Crippen LogP contribution in [0.3, 0.4) is 0 Å². The Hall–Kier alpha value is -3.39. The Labute approximate surface area is 198 Å². The van der Waals surface area contributed by atoms with Crippen LogP contribution in [0.15, 0.2) is 48.5 Å². The Kier molecular flexibility index (Phi) is 6.24. The fraction of sp³-hybridized carbons (Fsp3) is 0.423. The molecule has 1 unspecified atom stereocenters. The number of rotatable bonds is 7. The highest BCUT2D eigenvalue weighted by Gasteiger charge is 2.35. The summed E-state index contributed by atoms with van der Waals surface area (Å²) >= 11 is 0. The lowest BCUT2D eigenvalue weighted by Crippen LogP contribution is -2.55. The number of hydrogen-bond acceptors (Lipinski definition) is 5. The minimum atomic E-state index is -1.15. The predicted octanol–water partition coefficient (Wildman–Crippen LogP) is 2.68. The lowest BCUT2D eigenvalue weighted by molar-refractivity contribution is -0.143. The first-order chi connectivity index (χ1) is 16.5. The number of fused-ring (bicyclic) bond motifs is 3. The van der Waals surface area contributed by atoms with Crippen molar-refractivity contribution in [3.05, 3.63) is 59.7 Å². The van der Waals surface area contributed by atoms with Gasteiger partial charge in [0.05, 0.1) is 6.42 Å². The fourth-order valence-corrected chi connectivity index (χ4v) is 5.12. The van der Waals surface area contributed by atoms with Crippen molar-refractivity contribution in [1.82, 2.24) is 15.1 Å². The van der Waals surface area contributed by atoms with Crippen LogP contribution >= 0.6 is 0 Å². The molecular weight excluding hydrogens is 434 g/mol. The van der Waals surface area contributed by atoms with Crippen LogP contribution in [-0.4, -0.2) is 77.7 Å². The first-order valence-corrected chi connectivity index (χ1v) is 11.9. The van der Waals surface area contributed by atoms with Gasteiger partial charge in [0, 0.05) is 38.1 Å². The maximum absolute atomic E-state index is 13.0. The minimum Gasteiger partial charge on any atom is -0.481 e. The zero-order valence-electron chi connectivity index (χ0n) is 19.0. The normalized spacial score (nSPS) is 18.6. The molecule has 1 heterocycles. The van der Waals surface area contributed by atoms with Crippen molar-refractivity contribution in [2.75, 3.05) is 32.8 Å². The summed E-state index contributed by atoms with van der Waals surface area (Å²) in [5.41, 5.74) is 4.42. The molecule has 1 aliphatic heterocycles. The number of carbonyl (C=O) groups excluding carboxylic acids is 2. The van der Waals surface area contributed by atoms with E-state index in [2.05, 4.69) is 22.3 Å². The largest absolute Gasteiger partial charge is 0.481 e. The number of carbonyl (C=O) groups is 3. The van der Waals surface area contributed by atoms with Gasteiger partial charge in [-0.05, 0) is 35.1 Å². The third-order valence-electron chi connectivity index (χ3n) is 7.00. The summed E-state index contributed by atoms with van der Waals surface area (Å²) in [6.45, 7) is 2.74. The lowest BCUT2D eigenvalue weighted by Gasteiger charge is -2.36. The van der Waals surface area contributed by atoms with Crippen LogP contribution in [0.5, 0.6) is 0 Å². The molecule has 178 valence electrons. The number of benzene rings is 2. The zero-order valence-corrected chi connectivity index (χ0v) is 19.0. The first kappa shape index (κ1) is 22.4. The van der Waals surface area contributed by atoms with Crippen LogP contribution in [0, 0.1) is 0 Å². The number of hydrogen-bond donors (Lipinski definition) is 2. The van der Waals surface area contributed by atoms with Gasteiger partial charge in [-0.3, -0.25) is 14.5 Å². The van der Waals surface area contributed by atoms with Gasteiger partial charge >= 0.3 is 12.1 Å². The first-order valence-electron chi connectivity index (χ1n) is 11.9. The second-order valence-electron chi connectivity index (χ2n) is 9.21. The fourth-order valence-electron chi connectivity index (χ4n) is 5.12. The third kappa shape index (κ3) is 4.63. The lowest BCUT2D eigenvalue weighted by atomic mass is 9.98. The summed E-state index contributed by atoms with van der Waals surface area (Å²) in [4.78, 5) is 41.1. The molecule has 5 rings (SSSR count). The number of aliphatic carboxylic acids is 1. The molecule has 2 amide bonds. The van der Waals surface area contributed by atoms with Crippen molar-refractivity contribution in [2.24, 2.45) is 0 Å². The summed E-state index contributed by atoms with van der Waals surface area (Å²) in [5.74, 6) is -1.62. The van der Waals surface area contributed by atoms with Gasteiger partial charge in [-0.15, -0.1) is 0 Å². The molecule has 0 spiro atoms. The van der Waals surface area contributed by atoms with Gasteiger partial charge in [-0.2, -0.15) is 0 Å². The van der Waals surface area contributed by atoms with Crippen molar-refractivity contribution in [2.45, 2.75) is 37.3 Å². The van der Waals surface area contributed by atoms with E-state index >= 15 is 0 Å². The monoisotopic (exact) mass is 463 g/mol. The highest BCUT2D eigenvalue weighted by atomic mass is 16.5. The standard InChI is InChI=1S/C26H29N3O5/c30-24(31)15-23(25(32)29-13-11-28(12-14-29)17-9-10-17)27-26(33)34-16-22-20-7-3-1-5-18(20)19-6-2-4-8-21(19)22/h1-8,17,22-23H,9-16H2,(H,27,33)(H,30,31). The Balaban J connectivity index is 1.21. The Morgan fingerprint density at radius 1 is 0.941 bits per heavy atom. The predicted molar refractivity (Wildman–Crippen MR) is 125 cm³/mol. The minimum absolute atomic E-state index is 0.105. The molecule has 2 N–H and O–H groups in total. The number of carboxylic acids is 1. The second kappa shape index (κ2) is 9.46. The molecule has 8 nitrogen and oxygen atoms in total. The van der Waals surface area contributed by atoms with Crippen molar-refractivity contribution in [3.8, 4) is 11.1 Å². The van der Waals surface area contributed by atoms with Crippen LogP contribution in [0.25, 0.3) is 11.1 Å². The molecule has 1 saturated carbocycles. The van der Waals surface area contributed by atoms with Gasteiger partial charge in [0.25, 0.3) is 0 Å². The number of amides is 2. The van der Waals surface area contributed by atoms with E-state index < -0.39 is 24.5 Å². The molecule has 1 atom stereocenters. The van der Waals surface area contributed by atoms with Crippen molar-refractivity contribution in [1.29, 1.82) is 0 Å². The molecule has 2 aromatic rings. The van der Waals surface area contributed by atoms with Gasteiger partial charge in [-0.25, -0.2) is 4.79 Å². The Morgan fingerprint density at radius 3 is 2.09 bits per heavy atom. The van der Waals surface area contributed by atoms with E-state index in [1.165, 1.54) is 12.8 Å². The summed E-state index contributed by atoms with van der Waals surface area (Å²) in [6.07, 6.45) is 1.15. The molecule has 3 aliphatic rings. The van der Waals surface area contributed by atoms with E-state index in [9.17, 15) is 19.5 Å². The summed E-state index contributed by atoms with van der Waals surface area (Å²) < 4.78 is 5.52. The topological polar surface area (TPSA) is 99.2 Å². The molecule has 34 heavy (non-hydrogen) atoms. The molecule has 0 aromatic heterocycles. The van der Waals surface area contributed by atoms with Crippen LogP contribution in [0.4, 0.5) is 4.79 Å². The maximum atomic E-state index is 13.0. The van der Waals surface area contributed by atoms with E-state index in [-0.39, 0.29) is 18.4 Å². The van der Waals surface area contributed by atoms with Gasteiger partial charge in [0.15, 0.2) is 0 Å². The molecule has 0 bridgehead atoms. The number of alkyl carbamates (subject to hydrolysis) is 1. The smallest absolute Gasteiger partial charge is 0.407 e. The van der Waals surface area contributed by atoms with Crippen LogP contribution < -0.4 is 5.32 Å². The molecular formula is C26H29N3O5. The van der Waals surface area contributed by atoms with Crippen molar-refractivity contribution < 1.29 is 24.2 Å². The van der Waals surface area contributed by atoms with E-state index in [4.69, 9.17) is 4.74 Å². The molecule has 2 aromatic carbocycles. The van der Waals surface area contributed by atoms with Gasteiger partial charge in [-0.1, -0.05) is 48.5 Å². The summed E-state index contributed by atoms with van der Waals surface area (Å²) in [5, 5.41) is 11.8. The Bertz CT molecular complexity index is 1050. The van der Waals surface area contributed by atoms with E-state index in [1.807, 2.05) is 36.4 Å². The quantitative estimate of drug-likeness (QED) is 0.655. The number of nitrogens with zero attached hydrogens (tertiary/aromatic N) is 2. The van der Waals surface area contributed by atoms with Gasteiger partial charge in [0.1, 0.15) is 12.6 Å². The SMILES string of the molecule is O=C(O)CC(NC(=O)OCC1c2ccccc2-c2ccccc21)C(=O)N1CCN(C2CC2)CC1. The third-order valence-corrected chi connectivity index (χ3v) is 7.00. The van der Waals surface area contributed by atoms with Crippen LogP contribution in [0.2, 0.25) is 0 Å². The van der Waals surface area contributed by atoms with Crippen molar-refractivity contribution >= 4 is 18.0 Å². The Morgan fingerprint density at radius 2 is 1.53 bits per heavy atom. The molecule has 2 fully saturated rings. The number of nitrogens with one attached hydrogen (secondary N) is 1. The van der Waals surface area contributed by atoms with E-state index in [0.29, 0.717) is 19.1 Å². The van der Waals surface area contributed by atoms with E-state index in [0.717, 1.165) is 35.3 Å². The zero-order chi connectivity index (χ0) is 23.7. The maximum Gasteiger partial charge on any atom is 0.407 e. The molecule has 0 radical (unpaired) electrons. The molecule has 1 saturated heterocycles. The molecule has 8 heteroatoms. The highest BCUT2D eigenvalue weighted by molar-refractivity contribution is 5.89. The average molecular weight is 464 g/mol. The molecule has 2 aliphatic carbocycles. The second-order valence-corrected chi connectivity index (χ2v) is 9.21. The van der Waals surface area contributed by atoms with E-state index in [1.54, 1.807) is 4.90 Å².